The summed E-state index contributed by atoms with van der Waals surface area (Å²) in [5, 5.41) is 13.4. The van der Waals surface area contributed by atoms with Crippen LogP contribution < -0.4 is 5.32 Å². The van der Waals surface area contributed by atoms with Gasteiger partial charge in [0, 0.05) is 17.5 Å². The van der Waals surface area contributed by atoms with Crippen molar-refractivity contribution in [2.24, 2.45) is 5.92 Å². The van der Waals surface area contributed by atoms with Crippen molar-refractivity contribution >= 4 is 28.5 Å². The second kappa shape index (κ2) is 5.63. The van der Waals surface area contributed by atoms with Gasteiger partial charge in [0.05, 0.1) is 0 Å². The molecular formula is C14H16ClNO3. The normalized spacial score (nSPS) is 13.1. The SMILES string of the molecule is CC(C)[C@H](NCc1c(Cl)oc2ccccc12)C(=O)O. The summed E-state index contributed by atoms with van der Waals surface area (Å²) in [6.07, 6.45) is 0. The van der Waals surface area contributed by atoms with Crippen LogP contribution in [-0.4, -0.2) is 17.1 Å². The molecule has 0 bridgehead atoms. The number of carbonyl (C=O) groups is 1. The average molecular weight is 282 g/mol. The Morgan fingerprint density at radius 3 is 2.74 bits per heavy atom. The molecule has 2 rings (SSSR count). The predicted octanol–water partition coefficient (Wildman–Crippen LogP) is 3.29. The summed E-state index contributed by atoms with van der Waals surface area (Å²) in [5.74, 6) is -0.867. The van der Waals surface area contributed by atoms with E-state index in [0.717, 1.165) is 10.9 Å². The first-order valence-corrected chi connectivity index (χ1v) is 6.50. The van der Waals surface area contributed by atoms with Crippen molar-refractivity contribution < 1.29 is 14.3 Å². The molecule has 0 aliphatic rings. The number of hydrogen-bond donors (Lipinski definition) is 2. The molecule has 102 valence electrons. The van der Waals surface area contributed by atoms with Gasteiger partial charge in [-0.05, 0) is 23.6 Å². The van der Waals surface area contributed by atoms with Gasteiger partial charge in [-0.3, -0.25) is 10.1 Å². The van der Waals surface area contributed by atoms with Gasteiger partial charge in [-0.2, -0.15) is 0 Å². The number of carboxylic acids is 1. The van der Waals surface area contributed by atoms with E-state index in [9.17, 15) is 4.79 Å². The largest absolute Gasteiger partial charge is 0.480 e. The molecule has 1 aromatic heterocycles. The van der Waals surface area contributed by atoms with Crippen LogP contribution in [0.5, 0.6) is 0 Å². The molecule has 1 atom stereocenters. The first-order valence-electron chi connectivity index (χ1n) is 6.12. The topological polar surface area (TPSA) is 62.5 Å². The fourth-order valence-corrected chi connectivity index (χ4v) is 2.31. The first-order chi connectivity index (χ1) is 9.00. The van der Waals surface area contributed by atoms with E-state index in [1.165, 1.54) is 0 Å². The Bertz CT molecular complexity index is 591. The quantitative estimate of drug-likeness (QED) is 0.883. The van der Waals surface area contributed by atoms with E-state index in [0.29, 0.717) is 17.3 Å². The van der Waals surface area contributed by atoms with E-state index in [-0.39, 0.29) is 5.92 Å². The van der Waals surface area contributed by atoms with Crippen molar-refractivity contribution in [3.8, 4) is 0 Å². The van der Waals surface area contributed by atoms with Crippen molar-refractivity contribution in [1.82, 2.24) is 5.32 Å². The number of halogens is 1. The highest BCUT2D eigenvalue weighted by Crippen LogP contribution is 2.29. The second-order valence-corrected chi connectivity index (χ2v) is 5.13. The zero-order chi connectivity index (χ0) is 14.0. The highest BCUT2D eigenvalue weighted by molar-refractivity contribution is 6.30. The van der Waals surface area contributed by atoms with Crippen molar-refractivity contribution in [2.75, 3.05) is 0 Å². The Morgan fingerprint density at radius 1 is 1.42 bits per heavy atom. The van der Waals surface area contributed by atoms with Crippen molar-refractivity contribution in [1.29, 1.82) is 0 Å². The standard InChI is InChI=1S/C14H16ClNO3/c1-8(2)12(14(17)18)16-7-10-9-5-3-4-6-11(9)19-13(10)15/h3-6,8,12,16H,7H2,1-2H3,(H,17,18)/t12-/m0/s1. The van der Waals surface area contributed by atoms with Crippen LogP contribution in [0.4, 0.5) is 0 Å². The molecule has 5 heteroatoms. The van der Waals surface area contributed by atoms with Gasteiger partial charge in [-0.1, -0.05) is 32.0 Å². The summed E-state index contributed by atoms with van der Waals surface area (Å²) in [5.41, 5.74) is 1.50. The lowest BCUT2D eigenvalue weighted by molar-refractivity contribution is -0.140. The minimum absolute atomic E-state index is 0.00515. The minimum atomic E-state index is -0.862. The number of furan rings is 1. The summed E-state index contributed by atoms with van der Waals surface area (Å²) in [7, 11) is 0. The van der Waals surface area contributed by atoms with E-state index in [1.807, 2.05) is 38.1 Å². The third-order valence-electron chi connectivity index (χ3n) is 3.08. The van der Waals surface area contributed by atoms with Gasteiger partial charge in [0.1, 0.15) is 11.6 Å². The highest BCUT2D eigenvalue weighted by Gasteiger charge is 2.22. The Morgan fingerprint density at radius 2 is 2.11 bits per heavy atom. The fraction of sp³-hybridized carbons (Fsp3) is 0.357. The summed E-state index contributed by atoms with van der Waals surface area (Å²) >= 11 is 6.06. The molecule has 0 aliphatic heterocycles. The van der Waals surface area contributed by atoms with Gasteiger partial charge in [-0.15, -0.1) is 0 Å². The lowest BCUT2D eigenvalue weighted by atomic mass is 10.0. The summed E-state index contributed by atoms with van der Waals surface area (Å²) in [6, 6.07) is 6.90. The molecule has 0 spiro atoms. The van der Waals surface area contributed by atoms with Crippen LogP contribution in [-0.2, 0) is 11.3 Å². The maximum absolute atomic E-state index is 11.1. The Hall–Kier alpha value is -1.52. The Labute approximate surface area is 116 Å². The molecule has 0 saturated carbocycles. The number of aliphatic carboxylic acids is 1. The van der Waals surface area contributed by atoms with E-state index in [2.05, 4.69) is 5.32 Å². The minimum Gasteiger partial charge on any atom is -0.480 e. The molecule has 0 saturated heterocycles. The van der Waals surface area contributed by atoms with Crippen LogP contribution in [0.25, 0.3) is 11.0 Å². The van der Waals surface area contributed by atoms with Crippen LogP contribution in [0.3, 0.4) is 0 Å². The van der Waals surface area contributed by atoms with E-state index in [4.69, 9.17) is 21.1 Å². The molecule has 0 unspecified atom stereocenters. The molecule has 0 radical (unpaired) electrons. The van der Waals surface area contributed by atoms with Gasteiger partial charge >= 0.3 is 5.97 Å². The molecular weight excluding hydrogens is 266 g/mol. The van der Waals surface area contributed by atoms with Crippen molar-refractivity contribution in [3.63, 3.8) is 0 Å². The number of benzene rings is 1. The average Bonchev–Trinajstić information content (AvgIpc) is 2.65. The van der Waals surface area contributed by atoms with Gasteiger partial charge in [0.25, 0.3) is 0 Å². The van der Waals surface area contributed by atoms with Crippen LogP contribution >= 0.6 is 11.6 Å². The second-order valence-electron chi connectivity index (χ2n) is 4.79. The van der Waals surface area contributed by atoms with Gasteiger partial charge in [-0.25, -0.2) is 0 Å². The number of para-hydroxylation sites is 1. The lowest BCUT2D eigenvalue weighted by Gasteiger charge is -2.17. The monoisotopic (exact) mass is 281 g/mol. The van der Waals surface area contributed by atoms with Crippen LogP contribution in [0.15, 0.2) is 28.7 Å². The van der Waals surface area contributed by atoms with Gasteiger partial charge < -0.3 is 9.52 Å². The molecule has 1 heterocycles. The molecule has 2 aromatic rings. The number of fused-ring (bicyclic) bond motifs is 1. The zero-order valence-electron chi connectivity index (χ0n) is 10.8. The van der Waals surface area contributed by atoms with E-state index < -0.39 is 12.0 Å². The number of rotatable bonds is 5. The third kappa shape index (κ3) is 2.91. The molecule has 19 heavy (non-hydrogen) atoms. The smallest absolute Gasteiger partial charge is 0.320 e. The predicted molar refractivity (Wildman–Crippen MR) is 74.3 cm³/mol. The summed E-state index contributed by atoms with van der Waals surface area (Å²) in [4.78, 5) is 11.1. The highest BCUT2D eigenvalue weighted by atomic mass is 35.5. The van der Waals surface area contributed by atoms with Crippen LogP contribution in [0.1, 0.15) is 19.4 Å². The van der Waals surface area contributed by atoms with Crippen molar-refractivity contribution in [2.45, 2.75) is 26.4 Å². The maximum Gasteiger partial charge on any atom is 0.320 e. The molecule has 4 nitrogen and oxygen atoms in total. The number of nitrogens with one attached hydrogen (secondary N) is 1. The Kier molecular flexibility index (Phi) is 4.12. The Balaban J connectivity index is 2.22. The molecule has 1 aromatic carbocycles. The molecule has 0 fully saturated rings. The van der Waals surface area contributed by atoms with Crippen molar-refractivity contribution in [3.05, 3.63) is 35.0 Å². The summed E-state index contributed by atoms with van der Waals surface area (Å²) in [6.45, 7) is 4.09. The number of hydrogen-bond acceptors (Lipinski definition) is 3. The number of carboxylic acid groups (broad SMARTS) is 1. The third-order valence-corrected chi connectivity index (χ3v) is 3.39. The van der Waals surface area contributed by atoms with Gasteiger partial charge in [0.15, 0.2) is 5.22 Å². The molecule has 2 N–H and O–H groups in total. The molecule has 0 aliphatic carbocycles. The van der Waals surface area contributed by atoms with Crippen LogP contribution in [0, 0.1) is 5.92 Å². The van der Waals surface area contributed by atoms with Gasteiger partial charge in [0.2, 0.25) is 0 Å². The summed E-state index contributed by atoms with van der Waals surface area (Å²) < 4.78 is 5.43. The van der Waals surface area contributed by atoms with E-state index in [1.54, 1.807) is 0 Å². The fourth-order valence-electron chi connectivity index (χ4n) is 2.05. The molecule has 0 amide bonds. The lowest BCUT2D eigenvalue weighted by Crippen LogP contribution is -2.40. The van der Waals surface area contributed by atoms with E-state index >= 15 is 0 Å². The zero-order valence-corrected chi connectivity index (χ0v) is 11.6. The first kappa shape index (κ1) is 13.9. The van der Waals surface area contributed by atoms with Crippen LogP contribution in [0.2, 0.25) is 5.22 Å². The maximum atomic E-state index is 11.1.